The summed E-state index contributed by atoms with van der Waals surface area (Å²) in [7, 11) is 0. The molecule has 0 aliphatic carbocycles. The lowest BCUT2D eigenvalue weighted by molar-refractivity contribution is 0.0697. The molecule has 37 heavy (non-hydrogen) atoms. The minimum Gasteiger partial charge on any atom is -0.478 e. The van der Waals surface area contributed by atoms with Crippen molar-refractivity contribution in [3.05, 3.63) is 106 Å². The second-order valence-corrected chi connectivity index (χ2v) is 8.74. The molecule has 8 heteroatoms. The fraction of sp³-hybridized carbons (Fsp3) is 0.172. The first-order valence-electron chi connectivity index (χ1n) is 12.2. The Balaban J connectivity index is 1.53. The minimum absolute atomic E-state index is 0.248. The molecule has 2 N–H and O–H groups in total. The number of hydrogen-bond acceptors (Lipinski definition) is 5. The molecule has 0 unspecified atom stereocenters. The molecule has 0 bridgehead atoms. The first-order chi connectivity index (χ1) is 18.0. The van der Waals surface area contributed by atoms with Crippen LogP contribution in [0.3, 0.4) is 0 Å². The lowest BCUT2D eigenvalue weighted by Crippen LogP contribution is -2.15. The van der Waals surface area contributed by atoms with Crippen LogP contribution in [0.2, 0.25) is 0 Å². The molecule has 0 amide bonds. The monoisotopic (exact) mass is 494 g/mol. The molecule has 0 saturated carbocycles. The molecule has 2 heterocycles. The quantitative estimate of drug-likeness (QED) is 0.273. The number of carboxylic acid groups (broad SMARTS) is 1. The topological polar surface area (TPSA) is 110 Å². The van der Waals surface area contributed by atoms with Gasteiger partial charge in [-0.3, -0.25) is 4.79 Å². The van der Waals surface area contributed by atoms with Gasteiger partial charge in [-0.15, -0.1) is 5.10 Å². The highest BCUT2D eigenvalue weighted by Gasteiger charge is 2.20. The minimum atomic E-state index is -0.966. The van der Waals surface area contributed by atoms with Crippen molar-refractivity contribution < 1.29 is 14.6 Å². The molecule has 2 aromatic heterocycles. The number of benzene rings is 3. The highest BCUT2D eigenvalue weighted by molar-refractivity contribution is 5.96. The maximum absolute atomic E-state index is 12.9. The number of para-hydroxylation sites is 1. The number of nitrogens with one attached hydrogen (secondary N) is 1. The van der Waals surface area contributed by atoms with Crippen LogP contribution in [0.4, 0.5) is 0 Å². The Hall–Kier alpha value is -4.72. The highest BCUT2D eigenvalue weighted by atomic mass is 16.5. The van der Waals surface area contributed by atoms with Gasteiger partial charge in [0.05, 0.1) is 5.56 Å². The zero-order chi connectivity index (χ0) is 25.8. The summed E-state index contributed by atoms with van der Waals surface area (Å²) in [5, 5.41) is 16.2. The summed E-state index contributed by atoms with van der Waals surface area (Å²) < 4.78 is 7.88. The third-order valence-electron chi connectivity index (χ3n) is 6.20. The Bertz CT molecular complexity index is 1610. The van der Waals surface area contributed by atoms with Crippen molar-refractivity contribution >= 4 is 17.0 Å². The predicted molar refractivity (Wildman–Crippen MR) is 141 cm³/mol. The van der Waals surface area contributed by atoms with Gasteiger partial charge in [0, 0.05) is 13.0 Å². The van der Waals surface area contributed by atoms with Crippen molar-refractivity contribution in [2.45, 2.75) is 32.7 Å². The van der Waals surface area contributed by atoms with Crippen LogP contribution in [0, 0.1) is 0 Å². The number of aromatic nitrogens is 4. The van der Waals surface area contributed by atoms with Crippen LogP contribution in [0.1, 0.15) is 41.5 Å². The third-order valence-corrected chi connectivity index (χ3v) is 6.20. The van der Waals surface area contributed by atoms with Crippen LogP contribution in [-0.4, -0.2) is 30.8 Å². The fourth-order valence-corrected chi connectivity index (χ4v) is 4.35. The van der Waals surface area contributed by atoms with Crippen molar-refractivity contribution in [1.29, 1.82) is 0 Å². The van der Waals surface area contributed by atoms with Crippen molar-refractivity contribution in [3.8, 4) is 22.8 Å². The Labute approximate surface area is 213 Å². The van der Waals surface area contributed by atoms with Crippen LogP contribution >= 0.6 is 0 Å². The number of rotatable bonds is 9. The Morgan fingerprint density at radius 1 is 1.00 bits per heavy atom. The number of H-pyrrole nitrogens is 1. The van der Waals surface area contributed by atoms with E-state index in [1.54, 1.807) is 18.2 Å². The van der Waals surface area contributed by atoms with Gasteiger partial charge in [-0.25, -0.2) is 14.9 Å². The summed E-state index contributed by atoms with van der Waals surface area (Å²) in [6, 6.07) is 23.9. The molecule has 5 rings (SSSR count). The van der Waals surface area contributed by atoms with E-state index in [1.807, 2.05) is 65.2 Å². The SMILES string of the molecule is CCCCc1nc2c(Oc3ccccc3)n[nH]c(=O)c2n1Cc1ccc(-c2ccccc2C(=O)O)cc1. The Kier molecular flexibility index (Phi) is 6.81. The number of unbranched alkanes of at least 4 members (excludes halogenated alkanes) is 1. The first-order valence-corrected chi connectivity index (χ1v) is 12.2. The van der Waals surface area contributed by atoms with Gasteiger partial charge in [0.15, 0.2) is 5.52 Å². The van der Waals surface area contributed by atoms with E-state index in [2.05, 4.69) is 17.1 Å². The van der Waals surface area contributed by atoms with E-state index in [1.165, 1.54) is 0 Å². The van der Waals surface area contributed by atoms with E-state index >= 15 is 0 Å². The molecule has 0 atom stereocenters. The van der Waals surface area contributed by atoms with Crippen LogP contribution in [-0.2, 0) is 13.0 Å². The van der Waals surface area contributed by atoms with Crippen LogP contribution in [0.5, 0.6) is 11.6 Å². The van der Waals surface area contributed by atoms with E-state index in [0.717, 1.165) is 29.8 Å². The third kappa shape index (κ3) is 4.99. The average Bonchev–Trinajstić information content (AvgIpc) is 3.29. The van der Waals surface area contributed by atoms with Gasteiger partial charge in [0.25, 0.3) is 11.4 Å². The predicted octanol–water partition coefficient (Wildman–Crippen LogP) is 5.67. The number of aromatic carboxylic acids is 1. The van der Waals surface area contributed by atoms with Crippen molar-refractivity contribution in [2.75, 3.05) is 0 Å². The average molecular weight is 495 g/mol. The van der Waals surface area contributed by atoms with Crippen molar-refractivity contribution in [3.63, 3.8) is 0 Å². The van der Waals surface area contributed by atoms with Crippen LogP contribution in [0.15, 0.2) is 83.7 Å². The van der Waals surface area contributed by atoms with Crippen molar-refractivity contribution in [1.82, 2.24) is 19.7 Å². The number of fused-ring (bicyclic) bond motifs is 1. The Morgan fingerprint density at radius 3 is 2.46 bits per heavy atom. The summed E-state index contributed by atoms with van der Waals surface area (Å²) in [5.41, 5.74) is 3.17. The summed E-state index contributed by atoms with van der Waals surface area (Å²) in [5.74, 6) is 0.670. The molecular formula is C29H26N4O4. The van der Waals surface area contributed by atoms with E-state index in [0.29, 0.717) is 35.3 Å². The smallest absolute Gasteiger partial charge is 0.336 e. The molecule has 0 spiro atoms. The first kappa shape index (κ1) is 24.0. The molecular weight excluding hydrogens is 468 g/mol. The number of hydrogen-bond donors (Lipinski definition) is 2. The van der Waals surface area contributed by atoms with E-state index < -0.39 is 5.97 Å². The summed E-state index contributed by atoms with van der Waals surface area (Å²) in [6.45, 7) is 2.53. The number of aryl methyl sites for hydroxylation is 1. The molecule has 8 nitrogen and oxygen atoms in total. The van der Waals surface area contributed by atoms with Gasteiger partial charge >= 0.3 is 5.97 Å². The fourth-order valence-electron chi connectivity index (χ4n) is 4.35. The van der Waals surface area contributed by atoms with Gasteiger partial charge in [-0.05, 0) is 41.3 Å². The second kappa shape index (κ2) is 10.5. The van der Waals surface area contributed by atoms with E-state index in [-0.39, 0.29) is 17.0 Å². The summed E-state index contributed by atoms with van der Waals surface area (Å²) in [6.07, 6.45) is 2.62. The van der Waals surface area contributed by atoms with Crippen LogP contribution < -0.4 is 10.3 Å². The molecule has 186 valence electrons. The van der Waals surface area contributed by atoms with E-state index in [4.69, 9.17) is 9.72 Å². The number of imidazole rings is 1. The Morgan fingerprint density at radius 2 is 1.73 bits per heavy atom. The molecule has 0 aliphatic rings. The molecule has 5 aromatic rings. The molecule has 0 fully saturated rings. The zero-order valence-corrected chi connectivity index (χ0v) is 20.3. The standard InChI is InChI=1S/C29H26N4O4/c1-2-3-13-24-30-25-26(27(34)31-32-28(25)37-21-9-5-4-6-10-21)33(24)18-19-14-16-20(17-15-19)22-11-7-8-12-23(22)29(35)36/h4-12,14-17H,2-3,13,18H2,1H3,(H,31,34)(H,35,36). The number of carboxylic acids is 1. The lowest BCUT2D eigenvalue weighted by Gasteiger charge is -2.11. The van der Waals surface area contributed by atoms with E-state index in [9.17, 15) is 14.7 Å². The van der Waals surface area contributed by atoms with Gasteiger partial charge in [-0.1, -0.05) is 74.0 Å². The maximum atomic E-state index is 12.9. The van der Waals surface area contributed by atoms with Crippen LogP contribution in [0.25, 0.3) is 22.2 Å². The second-order valence-electron chi connectivity index (χ2n) is 8.74. The van der Waals surface area contributed by atoms with Gasteiger partial charge in [0.1, 0.15) is 17.1 Å². The van der Waals surface area contributed by atoms with Crippen molar-refractivity contribution in [2.24, 2.45) is 0 Å². The number of nitrogens with zero attached hydrogens (tertiary/aromatic N) is 3. The summed E-state index contributed by atoms with van der Waals surface area (Å²) in [4.78, 5) is 29.4. The number of aromatic amines is 1. The maximum Gasteiger partial charge on any atom is 0.336 e. The van der Waals surface area contributed by atoms with Gasteiger partial charge in [0.2, 0.25) is 0 Å². The highest BCUT2D eigenvalue weighted by Crippen LogP contribution is 2.28. The lowest BCUT2D eigenvalue weighted by atomic mass is 9.99. The molecule has 3 aromatic carbocycles. The normalized spacial score (nSPS) is 11.1. The number of ether oxygens (including phenoxy) is 1. The molecule has 0 saturated heterocycles. The van der Waals surface area contributed by atoms with Gasteiger partial charge in [-0.2, -0.15) is 0 Å². The largest absolute Gasteiger partial charge is 0.478 e. The molecule has 0 aliphatic heterocycles. The van der Waals surface area contributed by atoms with Gasteiger partial charge < -0.3 is 14.4 Å². The zero-order valence-electron chi connectivity index (χ0n) is 20.3. The number of carbonyl (C=O) groups is 1. The molecule has 0 radical (unpaired) electrons. The summed E-state index contributed by atoms with van der Waals surface area (Å²) >= 11 is 0.